The SMILES string of the molecule is OC[C@@H](O)c1cnc(-c2ccc3c(Nc4ccc(C(F)(F)F)cn4)nccc3c2)c(Cl)c1. The first-order chi connectivity index (χ1) is 15.3. The third-order valence-corrected chi connectivity index (χ3v) is 5.08. The van der Waals surface area contributed by atoms with E-state index >= 15 is 0 Å². The van der Waals surface area contributed by atoms with Crippen molar-refractivity contribution in [3.05, 3.63) is 77.2 Å². The highest BCUT2D eigenvalue weighted by Gasteiger charge is 2.30. The van der Waals surface area contributed by atoms with Crippen LogP contribution in [0.15, 0.2) is 61.1 Å². The molecule has 3 aromatic heterocycles. The Morgan fingerprint density at radius 1 is 1.00 bits per heavy atom. The number of nitrogens with zero attached hydrogens (tertiary/aromatic N) is 3. The molecule has 0 unspecified atom stereocenters. The lowest BCUT2D eigenvalue weighted by Crippen LogP contribution is -2.06. The molecular weight excluding hydrogens is 445 g/mol. The molecular formula is C22H16ClF3N4O2. The molecule has 0 saturated heterocycles. The van der Waals surface area contributed by atoms with Crippen LogP contribution >= 0.6 is 11.6 Å². The summed E-state index contributed by atoms with van der Waals surface area (Å²) in [5.74, 6) is 0.659. The van der Waals surface area contributed by atoms with Crippen LogP contribution in [0.2, 0.25) is 5.02 Å². The first-order valence-electron chi connectivity index (χ1n) is 9.40. The fraction of sp³-hybridized carbons (Fsp3) is 0.136. The Labute approximate surface area is 185 Å². The molecule has 0 fully saturated rings. The predicted octanol–water partition coefficient (Wildman–Crippen LogP) is 5.13. The van der Waals surface area contributed by atoms with Gasteiger partial charge < -0.3 is 15.5 Å². The summed E-state index contributed by atoms with van der Waals surface area (Å²) >= 11 is 6.33. The quantitative estimate of drug-likeness (QED) is 0.382. The normalized spacial score (nSPS) is 12.7. The Morgan fingerprint density at radius 3 is 2.47 bits per heavy atom. The van der Waals surface area contributed by atoms with Crippen LogP contribution in [0.4, 0.5) is 24.8 Å². The van der Waals surface area contributed by atoms with Gasteiger partial charge in [-0.25, -0.2) is 9.97 Å². The number of pyridine rings is 3. The van der Waals surface area contributed by atoms with Crippen LogP contribution < -0.4 is 5.32 Å². The van der Waals surface area contributed by atoms with E-state index in [1.807, 2.05) is 6.07 Å². The lowest BCUT2D eigenvalue weighted by molar-refractivity contribution is -0.137. The van der Waals surface area contributed by atoms with Gasteiger partial charge in [-0.1, -0.05) is 17.7 Å². The number of aliphatic hydroxyl groups is 2. The number of aromatic nitrogens is 3. The zero-order chi connectivity index (χ0) is 22.9. The zero-order valence-corrected chi connectivity index (χ0v) is 17.1. The van der Waals surface area contributed by atoms with Gasteiger partial charge in [0.2, 0.25) is 0 Å². The highest BCUT2D eigenvalue weighted by molar-refractivity contribution is 6.33. The summed E-state index contributed by atoms with van der Waals surface area (Å²) in [5.41, 5.74) is 0.790. The minimum Gasteiger partial charge on any atom is -0.393 e. The van der Waals surface area contributed by atoms with Gasteiger partial charge in [0.15, 0.2) is 0 Å². The largest absolute Gasteiger partial charge is 0.417 e. The predicted molar refractivity (Wildman–Crippen MR) is 115 cm³/mol. The van der Waals surface area contributed by atoms with Gasteiger partial charge in [0.25, 0.3) is 0 Å². The van der Waals surface area contributed by atoms with Crippen molar-refractivity contribution >= 4 is 34.0 Å². The van der Waals surface area contributed by atoms with Crippen LogP contribution in [0, 0.1) is 0 Å². The summed E-state index contributed by atoms with van der Waals surface area (Å²) in [6.45, 7) is -0.441. The standard InChI is InChI=1S/C22H16ClF3N4O2/c23-17-8-14(18(32)11-31)9-29-20(17)13-1-3-16-12(7-13)5-6-27-21(16)30-19-4-2-15(10-28-19)22(24,25)26/h1-10,18,31-32H,11H2,(H,27,28,30)/t18-/m1/s1. The summed E-state index contributed by atoms with van der Waals surface area (Å²) < 4.78 is 38.2. The van der Waals surface area contributed by atoms with E-state index in [2.05, 4.69) is 20.3 Å². The summed E-state index contributed by atoms with van der Waals surface area (Å²) in [4.78, 5) is 12.4. The average molecular weight is 461 g/mol. The minimum absolute atomic E-state index is 0.227. The van der Waals surface area contributed by atoms with E-state index < -0.39 is 24.5 Å². The van der Waals surface area contributed by atoms with E-state index in [1.165, 1.54) is 12.3 Å². The molecule has 3 heterocycles. The third kappa shape index (κ3) is 4.50. The Balaban J connectivity index is 1.64. The van der Waals surface area contributed by atoms with Crippen LogP contribution in [0.3, 0.4) is 0 Å². The third-order valence-electron chi connectivity index (χ3n) is 4.80. The fourth-order valence-corrected chi connectivity index (χ4v) is 3.42. The van der Waals surface area contributed by atoms with Crippen LogP contribution in [0.25, 0.3) is 22.0 Å². The number of benzene rings is 1. The Hall–Kier alpha value is -3.27. The minimum atomic E-state index is -4.46. The maximum absolute atomic E-state index is 12.7. The van der Waals surface area contributed by atoms with Crippen molar-refractivity contribution in [2.24, 2.45) is 0 Å². The monoisotopic (exact) mass is 460 g/mol. The zero-order valence-electron chi connectivity index (χ0n) is 16.3. The number of aliphatic hydroxyl groups excluding tert-OH is 2. The van der Waals surface area contributed by atoms with Crippen LogP contribution in [-0.4, -0.2) is 31.8 Å². The van der Waals surface area contributed by atoms with Crippen LogP contribution in [0.5, 0.6) is 0 Å². The van der Waals surface area contributed by atoms with Crippen LogP contribution in [-0.2, 0) is 6.18 Å². The second kappa shape index (κ2) is 8.70. The number of hydrogen-bond donors (Lipinski definition) is 3. The Bertz CT molecular complexity index is 1270. The number of halogens is 4. The molecule has 0 spiro atoms. The molecule has 0 radical (unpaired) electrons. The molecule has 3 N–H and O–H groups in total. The van der Waals surface area contributed by atoms with E-state index in [4.69, 9.17) is 16.7 Å². The lowest BCUT2D eigenvalue weighted by atomic mass is 10.0. The molecule has 0 aliphatic carbocycles. The summed E-state index contributed by atoms with van der Waals surface area (Å²) in [6.07, 6.45) is -1.75. The number of anilines is 2. The van der Waals surface area contributed by atoms with E-state index in [0.29, 0.717) is 22.1 Å². The summed E-state index contributed by atoms with van der Waals surface area (Å²) in [7, 11) is 0. The van der Waals surface area contributed by atoms with Crippen molar-refractivity contribution in [3.63, 3.8) is 0 Å². The number of fused-ring (bicyclic) bond motifs is 1. The molecule has 0 aliphatic rings. The van der Waals surface area contributed by atoms with Crippen LogP contribution in [0.1, 0.15) is 17.2 Å². The molecule has 10 heteroatoms. The van der Waals surface area contributed by atoms with Crippen molar-refractivity contribution in [1.82, 2.24) is 15.0 Å². The molecule has 4 rings (SSSR count). The first kappa shape index (κ1) is 21.9. The van der Waals surface area contributed by atoms with Gasteiger partial charge in [-0.05, 0) is 41.8 Å². The summed E-state index contributed by atoms with van der Waals surface area (Å²) in [6, 6.07) is 10.9. The molecule has 1 aromatic carbocycles. The molecule has 32 heavy (non-hydrogen) atoms. The number of hydrogen-bond acceptors (Lipinski definition) is 6. The van der Waals surface area contributed by atoms with Gasteiger partial charge in [0.1, 0.15) is 17.7 Å². The molecule has 0 aliphatic heterocycles. The van der Waals surface area contributed by atoms with Crippen molar-refractivity contribution < 1.29 is 23.4 Å². The van der Waals surface area contributed by atoms with Gasteiger partial charge in [-0.2, -0.15) is 13.2 Å². The summed E-state index contributed by atoms with van der Waals surface area (Å²) in [5, 5.41) is 23.6. The van der Waals surface area contributed by atoms with Crippen molar-refractivity contribution in [1.29, 1.82) is 0 Å². The molecule has 0 bridgehead atoms. The fourth-order valence-electron chi connectivity index (χ4n) is 3.13. The van der Waals surface area contributed by atoms with E-state index in [0.717, 1.165) is 28.6 Å². The second-order valence-electron chi connectivity index (χ2n) is 6.95. The smallest absolute Gasteiger partial charge is 0.393 e. The van der Waals surface area contributed by atoms with E-state index in [1.54, 1.807) is 30.5 Å². The molecule has 6 nitrogen and oxygen atoms in total. The average Bonchev–Trinajstić information content (AvgIpc) is 2.78. The van der Waals surface area contributed by atoms with E-state index in [-0.39, 0.29) is 5.82 Å². The lowest BCUT2D eigenvalue weighted by Gasteiger charge is -2.12. The van der Waals surface area contributed by atoms with Gasteiger partial charge >= 0.3 is 6.18 Å². The molecule has 4 aromatic rings. The van der Waals surface area contributed by atoms with E-state index in [9.17, 15) is 18.3 Å². The molecule has 1 atom stereocenters. The Morgan fingerprint density at radius 2 is 1.81 bits per heavy atom. The highest BCUT2D eigenvalue weighted by Crippen LogP contribution is 2.33. The van der Waals surface area contributed by atoms with Gasteiger partial charge in [0, 0.05) is 35.1 Å². The number of alkyl halides is 3. The topological polar surface area (TPSA) is 91.2 Å². The van der Waals surface area contributed by atoms with Gasteiger partial charge in [-0.15, -0.1) is 0 Å². The number of nitrogens with one attached hydrogen (secondary N) is 1. The number of rotatable bonds is 5. The van der Waals surface area contributed by atoms with Gasteiger partial charge in [-0.3, -0.25) is 4.98 Å². The first-order valence-corrected chi connectivity index (χ1v) is 9.78. The van der Waals surface area contributed by atoms with Crippen molar-refractivity contribution in [3.8, 4) is 11.3 Å². The maximum atomic E-state index is 12.7. The highest BCUT2D eigenvalue weighted by atomic mass is 35.5. The second-order valence-corrected chi connectivity index (χ2v) is 7.36. The Kier molecular flexibility index (Phi) is 5.96. The van der Waals surface area contributed by atoms with Crippen molar-refractivity contribution in [2.45, 2.75) is 12.3 Å². The molecule has 0 saturated carbocycles. The van der Waals surface area contributed by atoms with Gasteiger partial charge in [0.05, 0.1) is 22.9 Å². The molecule has 0 amide bonds. The molecule has 164 valence electrons. The maximum Gasteiger partial charge on any atom is 0.417 e. The van der Waals surface area contributed by atoms with Crippen molar-refractivity contribution in [2.75, 3.05) is 11.9 Å².